The summed E-state index contributed by atoms with van der Waals surface area (Å²) in [5.41, 5.74) is 2.16. The van der Waals surface area contributed by atoms with Crippen molar-refractivity contribution in [3.63, 3.8) is 0 Å². The number of imidazole rings is 1. The molecule has 2 aromatic carbocycles. The number of fused-ring (bicyclic) bond motifs is 1. The molecule has 5 rings (SSSR count). The number of hydrogen-bond donors (Lipinski definition) is 1. The second kappa shape index (κ2) is 7.63. The second-order valence-corrected chi connectivity index (χ2v) is 6.85. The number of ether oxygens (including phenoxy) is 1. The minimum Gasteiger partial charge on any atom is -0.497 e. The fourth-order valence-electron chi connectivity index (χ4n) is 3.25. The largest absolute Gasteiger partial charge is 0.497 e. The first-order valence-electron chi connectivity index (χ1n) is 9.40. The van der Waals surface area contributed by atoms with Crippen molar-refractivity contribution in [3.8, 4) is 28.5 Å². The summed E-state index contributed by atoms with van der Waals surface area (Å²) in [4.78, 5) is 11.8. The number of nitrogens with one attached hydrogen (secondary N) is 1. The van der Waals surface area contributed by atoms with Gasteiger partial charge in [-0.05, 0) is 36.4 Å². The van der Waals surface area contributed by atoms with Gasteiger partial charge in [-0.3, -0.25) is 5.01 Å². The fourth-order valence-corrected chi connectivity index (χ4v) is 3.25. The monoisotopic (exact) mass is 422 g/mol. The minimum atomic E-state index is -0.945. The van der Waals surface area contributed by atoms with E-state index >= 15 is 0 Å². The van der Waals surface area contributed by atoms with Gasteiger partial charge in [0.25, 0.3) is 0 Å². The van der Waals surface area contributed by atoms with E-state index in [-0.39, 0.29) is 17.9 Å². The zero-order valence-corrected chi connectivity index (χ0v) is 16.3. The van der Waals surface area contributed by atoms with Crippen molar-refractivity contribution in [3.05, 3.63) is 71.4 Å². The third-order valence-corrected chi connectivity index (χ3v) is 4.83. The molecule has 3 heterocycles. The van der Waals surface area contributed by atoms with E-state index in [2.05, 4.69) is 25.2 Å². The quantitative estimate of drug-likeness (QED) is 0.527. The van der Waals surface area contributed by atoms with E-state index in [0.717, 1.165) is 17.4 Å². The average molecular weight is 422 g/mol. The van der Waals surface area contributed by atoms with E-state index in [1.165, 1.54) is 12.1 Å². The van der Waals surface area contributed by atoms with Crippen LogP contribution in [-0.4, -0.2) is 38.4 Å². The maximum Gasteiger partial charge on any atom is 0.248 e. The molecular weight excluding hydrogens is 406 g/mol. The number of aromatic nitrogens is 4. The van der Waals surface area contributed by atoms with Crippen molar-refractivity contribution in [2.24, 2.45) is 5.10 Å². The molecule has 1 N–H and O–H groups in total. The van der Waals surface area contributed by atoms with Gasteiger partial charge in [0.1, 0.15) is 18.1 Å². The third kappa shape index (κ3) is 3.63. The standard InChI is InChI=1S/C21H16F2N6O2/c1-30-13-7-5-12(6-8-13)20-27-18(31-28-20)11-29-10-17-16(9-24-29)25-21(26-17)14-3-2-4-15(22)19(14)23/h2-9H,10-11H2,1H3,(H,25,26). The summed E-state index contributed by atoms with van der Waals surface area (Å²) in [7, 11) is 1.60. The summed E-state index contributed by atoms with van der Waals surface area (Å²) in [5, 5.41) is 10.0. The number of methoxy groups -OCH3 is 1. The fraction of sp³-hybridized carbons (Fsp3) is 0.143. The van der Waals surface area contributed by atoms with Crippen LogP contribution in [0.5, 0.6) is 5.75 Å². The van der Waals surface area contributed by atoms with Crippen molar-refractivity contribution in [2.75, 3.05) is 7.11 Å². The molecule has 0 bridgehead atoms. The lowest BCUT2D eigenvalue weighted by Crippen LogP contribution is -2.21. The van der Waals surface area contributed by atoms with Crippen molar-refractivity contribution < 1.29 is 18.0 Å². The number of aromatic amines is 1. The number of H-pyrrole nitrogens is 1. The van der Waals surface area contributed by atoms with E-state index < -0.39 is 11.6 Å². The summed E-state index contributed by atoms with van der Waals surface area (Å²) in [6.45, 7) is 0.620. The second-order valence-electron chi connectivity index (χ2n) is 6.85. The van der Waals surface area contributed by atoms with Gasteiger partial charge < -0.3 is 14.2 Å². The predicted octanol–water partition coefficient (Wildman–Crippen LogP) is 3.76. The maximum atomic E-state index is 14.1. The highest BCUT2D eigenvalue weighted by atomic mass is 19.2. The molecule has 0 spiro atoms. The number of halogens is 2. The number of benzene rings is 2. The Bertz CT molecular complexity index is 1270. The molecule has 10 heteroatoms. The van der Waals surface area contributed by atoms with Crippen LogP contribution in [0.15, 0.2) is 52.1 Å². The zero-order valence-electron chi connectivity index (χ0n) is 16.3. The number of hydrogen-bond acceptors (Lipinski definition) is 7. The summed E-state index contributed by atoms with van der Waals surface area (Å²) >= 11 is 0. The first-order chi connectivity index (χ1) is 15.1. The van der Waals surface area contributed by atoms with Gasteiger partial charge in [-0.15, -0.1) is 0 Å². The molecule has 1 aliphatic rings. The van der Waals surface area contributed by atoms with Crippen molar-refractivity contribution in [2.45, 2.75) is 13.1 Å². The topological polar surface area (TPSA) is 92.4 Å². The van der Waals surface area contributed by atoms with Crippen molar-refractivity contribution in [1.29, 1.82) is 0 Å². The van der Waals surface area contributed by atoms with E-state index in [9.17, 15) is 8.78 Å². The van der Waals surface area contributed by atoms with Crippen LogP contribution in [0.25, 0.3) is 22.8 Å². The highest BCUT2D eigenvalue weighted by Gasteiger charge is 2.21. The van der Waals surface area contributed by atoms with Crippen LogP contribution in [0, 0.1) is 11.6 Å². The van der Waals surface area contributed by atoms with Gasteiger partial charge in [0, 0.05) is 5.56 Å². The lowest BCUT2D eigenvalue weighted by Gasteiger charge is -2.18. The maximum absolute atomic E-state index is 14.1. The van der Waals surface area contributed by atoms with Crippen molar-refractivity contribution in [1.82, 2.24) is 25.1 Å². The number of nitrogens with zero attached hydrogens (tertiary/aromatic N) is 5. The molecule has 31 heavy (non-hydrogen) atoms. The Labute approximate surface area is 175 Å². The molecule has 0 saturated heterocycles. The molecule has 0 atom stereocenters. The molecule has 0 radical (unpaired) electrons. The Kier molecular flexibility index (Phi) is 4.66. The Morgan fingerprint density at radius 2 is 1.97 bits per heavy atom. The molecular formula is C21H16F2N6O2. The summed E-state index contributed by atoms with van der Waals surface area (Å²) < 4.78 is 38.1. The van der Waals surface area contributed by atoms with Gasteiger partial charge in [0.2, 0.25) is 11.7 Å². The molecule has 0 saturated carbocycles. The molecule has 0 aliphatic carbocycles. The van der Waals surface area contributed by atoms with E-state index in [1.807, 2.05) is 24.3 Å². The highest BCUT2D eigenvalue weighted by molar-refractivity contribution is 5.80. The lowest BCUT2D eigenvalue weighted by atomic mass is 10.2. The molecule has 1 aliphatic heterocycles. The van der Waals surface area contributed by atoms with E-state index in [0.29, 0.717) is 29.6 Å². The molecule has 2 aromatic heterocycles. The number of hydrazone groups is 1. The van der Waals surface area contributed by atoms with E-state index in [4.69, 9.17) is 9.26 Å². The van der Waals surface area contributed by atoms with Crippen LogP contribution in [0.3, 0.4) is 0 Å². The Hall–Kier alpha value is -4.08. The number of rotatable bonds is 5. The first kappa shape index (κ1) is 18.9. The zero-order chi connectivity index (χ0) is 21.4. The predicted molar refractivity (Wildman–Crippen MR) is 107 cm³/mol. The van der Waals surface area contributed by atoms with Crippen LogP contribution < -0.4 is 4.74 Å². The molecule has 0 amide bonds. The van der Waals surface area contributed by atoms with Gasteiger partial charge in [-0.1, -0.05) is 11.2 Å². The van der Waals surface area contributed by atoms with Crippen molar-refractivity contribution >= 4 is 6.21 Å². The molecule has 0 fully saturated rings. The smallest absolute Gasteiger partial charge is 0.248 e. The molecule has 156 valence electrons. The van der Waals surface area contributed by atoms with Gasteiger partial charge in [-0.2, -0.15) is 10.1 Å². The third-order valence-electron chi connectivity index (χ3n) is 4.83. The van der Waals surface area contributed by atoms with Gasteiger partial charge in [0.15, 0.2) is 11.6 Å². The minimum absolute atomic E-state index is 0.0652. The van der Waals surface area contributed by atoms with Gasteiger partial charge >= 0.3 is 0 Å². The summed E-state index contributed by atoms with van der Waals surface area (Å²) in [6.07, 6.45) is 1.58. The van der Waals surface area contributed by atoms with Crippen LogP contribution in [0.2, 0.25) is 0 Å². The Morgan fingerprint density at radius 3 is 2.77 bits per heavy atom. The highest BCUT2D eigenvalue weighted by Crippen LogP contribution is 2.25. The summed E-state index contributed by atoms with van der Waals surface area (Å²) in [6, 6.07) is 11.3. The van der Waals surface area contributed by atoms with E-state index in [1.54, 1.807) is 18.3 Å². The van der Waals surface area contributed by atoms with Gasteiger partial charge in [0.05, 0.1) is 36.8 Å². The lowest BCUT2D eigenvalue weighted by molar-refractivity contribution is 0.224. The summed E-state index contributed by atoms with van der Waals surface area (Å²) in [5.74, 6) is -0.0378. The van der Waals surface area contributed by atoms with Crippen LogP contribution >= 0.6 is 0 Å². The Balaban J connectivity index is 1.31. The first-order valence-corrected chi connectivity index (χ1v) is 9.40. The normalized spacial score (nSPS) is 12.8. The van der Waals surface area contributed by atoms with Gasteiger partial charge in [-0.25, -0.2) is 13.8 Å². The van der Waals surface area contributed by atoms with Crippen LogP contribution in [0.1, 0.15) is 17.3 Å². The average Bonchev–Trinajstić information content (AvgIpc) is 3.42. The Morgan fingerprint density at radius 1 is 1.13 bits per heavy atom. The van der Waals surface area contributed by atoms with Crippen LogP contribution in [0.4, 0.5) is 8.78 Å². The molecule has 0 unspecified atom stereocenters. The molecule has 8 nitrogen and oxygen atoms in total. The van der Waals surface area contributed by atoms with Crippen LogP contribution in [-0.2, 0) is 13.1 Å². The molecule has 4 aromatic rings. The SMILES string of the molecule is COc1ccc(-c2noc(CN3Cc4nc(-c5cccc(F)c5F)[nH]c4C=N3)n2)cc1.